The van der Waals surface area contributed by atoms with Gasteiger partial charge in [-0.1, -0.05) is 38.1 Å². The standard InChI is InChI=1S/C24H27N5O7S2/c1-13(2)10-11-24(27-23(25)32)16-7-5-4-6-15(16)20(30)19(21(24)31)22-26-17-9-8-14(28-37(3,33)34)12-18(17)38(35,36)29-22/h4-9,12-13,19,28H,10-11H2,1-3H3,(H,26,29)(H3,25,27,32). The molecule has 0 fully saturated rings. The average molecular weight is 562 g/mol. The lowest BCUT2D eigenvalue weighted by Gasteiger charge is -2.41. The number of benzene rings is 2. The van der Waals surface area contributed by atoms with Gasteiger partial charge in [0.05, 0.1) is 11.9 Å². The Morgan fingerprint density at radius 2 is 1.87 bits per heavy atom. The van der Waals surface area contributed by atoms with Crippen LogP contribution in [0.15, 0.2) is 51.8 Å². The molecule has 0 radical (unpaired) electrons. The number of Topliss-reactive ketones (excluding diaryl/α,β-unsaturated/α-hetero) is 2. The van der Waals surface area contributed by atoms with Crippen molar-refractivity contribution in [3.63, 3.8) is 0 Å². The smallest absolute Gasteiger partial charge is 0.313 e. The fourth-order valence-electron chi connectivity index (χ4n) is 4.72. The molecule has 1 heterocycles. The van der Waals surface area contributed by atoms with E-state index in [1.54, 1.807) is 18.2 Å². The van der Waals surface area contributed by atoms with Crippen LogP contribution in [0.25, 0.3) is 0 Å². The van der Waals surface area contributed by atoms with Gasteiger partial charge in [0, 0.05) is 11.3 Å². The maximum absolute atomic E-state index is 14.1. The molecule has 0 bridgehead atoms. The molecule has 14 heteroatoms. The van der Waals surface area contributed by atoms with Crippen molar-refractivity contribution in [2.45, 2.75) is 37.1 Å². The Bertz CT molecular complexity index is 1600. The van der Waals surface area contributed by atoms with Crippen molar-refractivity contribution in [2.75, 3.05) is 16.3 Å². The van der Waals surface area contributed by atoms with Crippen molar-refractivity contribution >= 4 is 54.9 Å². The zero-order chi connectivity index (χ0) is 28.0. The van der Waals surface area contributed by atoms with Crippen molar-refractivity contribution in [3.05, 3.63) is 53.6 Å². The van der Waals surface area contributed by atoms with Gasteiger partial charge in [-0.05, 0) is 42.5 Å². The van der Waals surface area contributed by atoms with Crippen LogP contribution in [-0.4, -0.2) is 46.5 Å². The lowest BCUT2D eigenvalue weighted by molar-refractivity contribution is -0.127. The van der Waals surface area contributed by atoms with Crippen molar-refractivity contribution < 1.29 is 31.2 Å². The number of nitrogens with one attached hydrogen (secondary N) is 3. The number of hydrogen-bond donors (Lipinski definition) is 4. The number of urea groups is 1. The number of carbonyl (C=O) groups excluding carboxylic acids is 3. The maximum atomic E-state index is 14.1. The summed E-state index contributed by atoms with van der Waals surface area (Å²) in [5.41, 5.74) is 4.20. The average Bonchev–Trinajstić information content (AvgIpc) is 2.80. The predicted octanol–water partition coefficient (Wildman–Crippen LogP) is 1.95. The number of rotatable bonds is 7. The van der Waals surface area contributed by atoms with Gasteiger partial charge in [0.1, 0.15) is 22.2 Å². The highest BCUT2D eigenvalue weighted by Crippen LogP contribution is 2.41. The second-order valence-electron chi connectivity index (χ2n) is 9.70. The summed E-state index contributed by atoms with van der Waals surface area (Å²) >= 11 is 0. The summed E-state index contributed by atoms with van der Waals surface area (Å²) in [6.45, 7) is 3.87. The molecule has 38 heavy (non-hydrogen) atoms. The molecule has 0 saturated carbocycles. The number of primary amides is 1. The molecular formula is C24H27N5O7S2. The van der Waals surface area contributed by atoms with Crippen LogP contribution in [0.5, 0.6) is 0 Å². The van der Waals surface area contributed by atoms with E-state index in [1.807, 2.05) is 13.8 Å². The van der Waals surface area contributed by atoms with E-state index in [4.69, 9.17) is 5.73 Å². The molecule has 1 aliphatic heterocycles. The number of amidine groups is 1. The first-order valence-corrected chi connectivity index (χ1v) is 15.0. The van der Waals surface area contributed by atoms with Crippen LogP contribution >= 0.6 is 0 Å². The van der Waals surface area contributed by atoms with Gasteiger partial charge in [-0.2, -0.15) is 8.42 Å². The molecule has 2 atom stereocenters. The van der Waals surface area contributed by atoms with Crippen LogP contribution in [0.4, 0.5) is 16.2 Å². The Kier molecular flexibility index (Phi) is 6.82. The fourth-order valence-corrected chi connectivity index (χ4v) is 6.45. The van der Waals surface area contributed by atoms with Gasteiger partial charge in [0.25, 0.3) is 10.0 Å². The quantitative estimate of drug-likeness (QED) is 0.368. The number of fused-ring (bicyclic) bond motifs is 2. The third-order valence-electron chi connectivity index (χ3n) is 6.35. The molecule has 12 nitrogen and oxygen atoms in total. The molecule has 2 amide bonds. The van der Waals surface area contributed by atoms with Gasteiger partial charge in [-0.25, -0.2) is 13.2 Å². The SMILES string of the molecule is CC(C)CCC1(NC(N)=O)C(=O)C(C2=NS(=O)(=O)c3cc(NS(C)(=O)=O)ccc3N2)C(=O)c2ccccc21. The second-order valence-corrected chi connectivity index (χ2v) is 13.0. The van der Waals surface area contributed by atoms with E-state index in [9.17, 15) is 31.2 Å². The van der Waals surface area contributed by atoms with Gasteiger partial charge in [-0.15, -0.1) is 4.40 Å². The minimum atomic E-state index is -4.45. The molecule has 202 valence electrons. The van der Waals surface area contributed by atoms with Gasteiger partial charge < -0.3 is 16.4 Å². The monoisotopic (exact) mass is 561 g/mol. The Morgan fingerprint density at radius 3 is 2.50 bits per heavy atom. The first-order valence-electron chi connectivity index (χ1n) is 11.6. The van der Waals surface area contributed by atoms with Gasteiger partial charge in [-0.3, -0.25) is 14.3 Å². The van der Waals surface area contributed by atoms with Crippen molar-refractivity contribution in [1.29, 1.82) is 0 Å². The van der Waals surface area contributed by atoms with Gasteiger partial charge in [0.15, 0.2) is 11.6 Å². The first-order chi connectivity index (χ1) is 17.6. The van der Waals surface area contributed by atoms with Crippen LogP contribution in [0.1, 0.15) is 42.6 Å². The minimum absolute atomic E-state index is 0.00384. The minimum Gasteiger partial charge on any atom is -0.352 e. The van der Waals surface area contributed by atoms with Crippen LogP contribution < -0.4 is 21.1 Å². The number of carbonyl (C=O) groups is 3. The van der Waals surface area contributed by atoms with Crippen LogP contribution in [0.2, 0.25) is 0 Å². The van der Waals surface area contributed by atoms with Crippen molar-refractivity contribution in [2.24, 2.45) is 22.0 Å². The molecule has 1 aliphatic carbocycles. The zero-order valence-electron chi connectivity index (χ0n) is 20.8. The summed E-state index contributed by atoms with van der Waals surface area (Å²) in [4.78, 5) is 39.5. The maximum Gasteiger partial charge on any atom is 0.313 e. The number of sulfonamides is 2. The van der Waals surface area contributed by atoms with E-state index < -0.39 is 54.9 Å². The normalized spacial score (nSPS) is 22.1. The number of ketones is 2. The van der Waals surface area contributed by atoms with E-state index in [1.165, 1.54) is 18.2 Å². The molecule has 0 saturated heterocycles. The third kappa shape index (κ3) is 5.00. The molecule has 4 rings (SSSR count). The van der Waals surface area contributed by atoms with E-state index in [0.29, 0.717) is 6.42 Å². The summed E-state index contributed by atoms with van der Waals surface area (Å²) < 4.78 is 55.4. The molecule has 2 aromatic rings. The third-order valence-corrected chi connectivity index (χ3v) is 8.29. The lowest BCUT2D eigenvalue weighted by atomic mass is 9.67. The second kappa shape index (κ2) is 9.51. The Morgan fingerprint density at radius 1 is 1.18 bits per heavy atom. The molecule has 2 unspecified atom stereocenters. The highest BCUT2D eigenvalue weighted by atomic mass is 32.2. The predicted molar refractivity (Wildman–Crippen MR) is 141 cm³/mol. The number of amides is 2. The molecule has 0 spiro atoms. The van der Waals surface area contributed by atoms with E-state index in [2.05, 4.69) is 19.8 Å². The Labute approximate surface area is 220 Å². The van der Waals surface area contributed by atoms with E-state index in [-0.39, 0.29) is 39.7 Å². The summed E-state index contributed by atoms with van der Waals surface area (Å²) in [6, 6.07) is 9.02. The first kappa shape index (κ1) is 27.3. The van der Waals surface area contributed by atoms with Crippen LogP contribution in [0.3, 0.4) is 0 Å². The number of anilines is 2. The van der Waals surface area contributed by atoms with Gasteiger partial charge >= 0.3 is 6.03 Å². The number of hydrogen-bond acceptors (Lipinski definition) is 8. The molecule has 0 aromatic heterocycles. The Hall–Kier alpha value is -3.78. The number of nitrogens with zero attached hydrogens (tertiary/aromatic N) is 1. The zero-order valence-corrected chi connectivity index (χ0v) is 22.4. The summed E-state index contributed by atoms with van der Waals surface area (Å²) in [5.74, 6) is -3.42. The molecule has 5 N–H and O–H groups in total. The van der Waals surface area contributed by atoms with Crippen LogP contribution in [-0.2, 0) is 30.4 Å². The Balaban J connectivity index is 1.85. The highest BCUT2D eigenvalue weighted by molar-refractivity contribution is 7.92. The number of nitrogens with two attached hydrogens (primary N) is 1. The lowest BCUT2D eigenvalue weighted by Crippen LogP contribution is -2.61. The molecule has 2 aliphatic rings. The topological polar surface area (TPSA) is 194 Å². The molecular weight excluding hydrogens is 534 g/mol. The summed E-state index contributed by atoms with van der Waals surface area (Å²) in [6.07, 6.45) is 1.52. The van der Waals surface area contributed by atoms with Gasteiger partial charge in [0.2, 0.25) is 10.0 Å². The van der Waals surface area contributed by atoms with Crippen molar-refractivity contribution in [1.82, 2.24) is 5.32 Å². The van der Waals surface area contributed by atoms with E-state index in [0.717, 1.165) is 12.3 Å². The van der Waals surface area contributed by atoms with Crippen molar-refractivity contribution in [3.8, 4) is 0 Å². The summed E-state index contributed by atoms with van der Waals surface area (Å²) in [5, 5.41) is 5.32. The molecule has 2 aromatic carbocycles. The fraction of sp³-hybridized carbons (Fsp3) is 0.333. The van der Waals surface area contributed by atoms with Crippen LogP contribution in [0, 0.1) is 11.8 Å². The van der Waals surface area contributed by atoms with E-state index >= 15 is 0 Å². The highest BCUT2D eigenvalue weighted by Gasteiger charge is 2.54. The largest absolute Gasteiger partial charge is 0.352 e. The summed E-state index contributed by atoms with van der Waals surface area (Å²) in [7, 11) is -8.14.